The van der Waals surface area contributed by atoms with E-state index in [0.29, 0.717) is 0 Å². The van der Waals surface area contributed by atoms with Crippen molar-refractivity contribution in [2.45, 2.75) is 25.8 Å². The fourth-order valence-electron chi connectivity index (χ4n) is 3.64. The van der Waals surface area contributed by atoms with Crippen LogP contribution >= 0.6 is 11.8 Å². The first-order valence-electron chi connectivity index (χ1n) is 8.00. The third-order valence-electron chi connectivity index (χ3n) is 5.33. The van der Waals surface area contributed by atoms with Crippen LogP contribution in [-0.4, -0.2) is 54.7 Å². The topological polar surface area (TPSA) is 32.5 Å². The maximum absolute atomic E-state index is 6.12. The van der Waals surface area contributed by atoms with Gasteiger partial charge in [-0.05, 0) is 43.2 Å². The lowest BCUT2D eigenvalue weighted by Crippen LogP contribution is -2.60. The molecule has 0 bridgehead atoms. The monoisotopic (exact) mass is 305 g/mol. The van der Waals surface area contributed by atoms with Crippen LogP contribution in [-0.2, 0) is 0 Å². The highest BCUT2D eigenvalue weighted by atomic mass is 32.2. The molecular weight excluding hydrogens is 278 g/mol. The van der Waals surface area contributed by atoms with Crippen LogP contribution in [0.5, 0.6) is 0 Å². The molecule has 2 saturated heterocycles. The third-order valence-corrected chi connectivity index (χ3v) is 6.56. The fourth-order valence-corrected chi connectivity index (χ4v) is 5.13. The highest BCUT2D eigenvalue weighted by molar-refractivity contribution is 7.99. The lowest BCUT2D eigenvalue weighted by molar-refractivity contribution is 0.109. The van der Waals surface area contributed by atoms with Gasteiger partial charge in [0.15, 0.2) is 0 Å². The van der Waals surface area contributed by atoms with E-state index >= 15 is 0 Å². The molecule has 21 heavy (non-hydrogen) atoms. The van der Waals surface area contributed by atoms with E-state index in [2.05, 4.69) is 53.6 Å². The number of nitrogens with zero attached hydrogens (tertiary/aromatic N) is 2. The zero-order chi connectivity index (χ0) is 14.9. The Morgan fingerprint density at radius 3 is 2.57 bits per heavy atom. The van der Waals surface area contributed by atoms with E-state index in [1.807, 2.05) is 0 Å². The molecule has 1 atom stereocenters. The molecule has 1 aromatic carbocycles. The first-order chi connectivity index (χ1) is 10.2. The highest BCUT2D eigenvalue weighted by Crippen LogP contribution is 2.34. The number of nitrogens with two attached hydrogens (primary N) is 1. The number of piperazine rings is 1. The van der Waals surface area contributed by atoms with E-state index < -0.39 is 0 Å². The van der Waals surface area contributed by atoms with Gasteiger partial charge in [-0.2, -0.15) is 11.8 Å². The molecule has 2 aliphatic rings. The molecule has 0 amide bonds. The van der Waals surface area contributed by atoms with Gasteiger partial charge in [-0.3, -0.25) is 4.90 Å². The Morgan fingerprint density at radius 2 is 1.95 bits per heavy atom. The molecule has 3 nitrogen and oxygen atoms in total. The van der Waals surface area contributed by atoms with Crippen LogP contribution in [0.4, 0.5) is 5.69 Å². The second-order valence-corrected chi connectivity index (χ2v) is 7.53. The van der Waals surface area contributed by atoms with E-state index in [9.17, 15) is 0 Å². The average Bonchev–Trinajstić information content (AvgIpc) is 3.00. The summed E-state index contributed by atoms with van der Waals surface area (Å²) in [4.78, 5) is 5.21. The summed E-state index contributed by atoms with van der Waals surface area (Å²) in [6, 6.07) is 6.65. The van der Waals surface area contributed by atoms with Crippen molar-refractivity contribution in [3.05, 3.63) is 29.3 Å². The molecule has 0 radical (unpaired) electrons. The average molecular weight is 305 g/mol. The number of anilines is 1. The Morgan fingerprint density at radius 1 is 1.19 bits per heavy atom. The lowest BCUT2D eigenvalue weighted by atomic mass is 9.95. The summed E-state index contributed by atoms with van der Waals surface area (Å²) in [6.07, 6.45) is 1.26. The summed E-state index contributed by atoms with van der Waals surface area (Å²) in [5.41, 5.74) is 10.6. The van der Waals surface area contributed by atoms with Crippen LogP contribution in [0, 0.1) is 13.8 Å². The summed E-state index contributed by atoms with van der Waals surface area (Å²) in [6.45, 7) is 9.79. The minimum atomic E-state index is 0.276. The minimum absolute atomic E-state index is 0.276. The van der Waals surface area contributed by atoms with Crippen LogP contribution in [0.2, 0.25) is 0 Å². The van der Waals surface area contributed by atoms with Gasteiger partial charge in [0, 0.05) is 49.7 Å². The molecule has 2 aliphatic heterocycles. The van der Waals surface area contributed by atoms with Gasteiger partial charge in [0.25, 0.3) is 0 Å². The number of hydrogen-bond acceptors (Lipinski definition) is 4. The van der Waals surface area contributed by atoms with E-state index in [1.165, 1.54) is 34.7 Å². The fraction of sp³-hybridized carbons (Fsp3) is 0.647. The van der Waals surface area contributed by atoms with Crippen molar-refractivity contribution < 1.29 is 0 Å². The number of benzene rings is 1. The largest absolute Gasteiger partial charge is 0.369 e. The third kappa shape index (κ3) is 2.81. The Balaban J connectivity index is 1.69. The standard InChI is InChI=1S/C17H27N3S/c1-14-4-3-5-16(15(14)2)19-7-9-20(10-8-19)17(12-18)6-11-21-13-17/h3-5H,6-13,18H2,1-2H3. The predicted molar refractivity (Wildman–Crippen MR) is 93.4 cm³/mol. The lowest BCUT2D eigenvalue weighted by Gasteiger charge is -2.46. The molecule has 0 spiro atoms. The molecule has 1 aromatic rings. The van der Waals surface area contributed by atoms with Crippen molar-refractivity contribution in [2.75, 3.05) is 49.1 Å². The van der Waals surface area contributed by atoms with Crippen molar-refractivity contribution >= 4 is 17.4 Å². The van der Waals surface area contributed by atoms with Crippen molar-refractivity contribution in [3.63, 3.8) is 0 Å². The van der Waals surface area contributed by atoms with Crippen LogP contribution in [0.15, 0.2) is 18.2 Å². The van der Waals surface area contributed by atoms with E-state index in [4.69, 9.17) is 5.73 Å². The number of rotatable bonds is 3. The van der Waals surface area contributed by atoms with E-state index in [1.54, 1.807) is 0 Å². The zero-order valence-corrected chi connectivity index (χ0v) is 14.1. The molecule has 0 aliphatic carbocycles. The van der Waals surface area contributed by atoms with Gasteiger partial charge in [-0.25, -0.2) is 0 Å². The molecule has 2 N–H and O–H groups in total. The van der Waals surface area contributed by atoms with Crippen molar-refractivity contribution in [2.24, 2.45) is 5.73 Å². The Labute approximate surface area is 132 Å². The highest BCUT2D eigenvalue weighted by Gasteiger charge is 2.40. The normalized spacial score (nSPS) is 27.3. The summed E-state index contributed by atoms with van der Waals surface area (Å²) in [7, 11) is 0. The van der Waals surface area contributed by atoms with Crippen molar-refractivity contribution in [3.8, 4) is 0 Å². The van der Waals surface area contributed by atoms with E-state index in [0.717, 1.165) is 32.7 Å². The Kier molecular flexibility index (Phi) is 4.48. The maximum Gasteiger partial charge on any atom is 0.0431 e. The minimum Gasteiger partial charge on any atom is -0.369 e. The van der Waals surface area contributed by atoms with Gasteiger partial charge in [0.2, 0.25) is 0 Å². The van der Waals surface area contributed by atoms with Crippen molar-refractivity contribution in [1.29, 1.82) is 0 Å². The molecule has 4 heteroatoms. The predicted octanol–water partition coefficient (Wildman–Crippen LogP) is 2.26. The second-order valence-electron chi connectivity index (χ2n) is 6.42. The van der Waals surface area contributed by atoms with Crippen LogP contribution in [0.1, 0.15) is 17.5 Å². The molecule has 0 aromatic heterocycles. The summed E-state index contributed by atoms with van der Waals surface area (Å²) in [5, 5.41) is 0. The van der Waals surface area contributed by atoms with Gasteiger partial charge in [-0.1, -0.05) is 12.1 Å². The second kappa shape index (κ2) is 6.19. The van der Waals surface area contributed by atoms with Crippen molar-refractivity contribution in [1.82, 2.24) is 4.90 Å². The van der Waals surface area contributed by atoms with E-state index in [-0.39, 0.29) is 5.54 Å². The Hall–Kier alpha value is -0.710. The zero-order valence-electron chi connectivity index (χ0n) is 13.3. The molecule has 1 unspecified atom stereocenters. The van der Waals surface area contributed by atoms with Crippen LogP contribution < -0.4 is 10.6 Å². The summed E-state index contributed by atoms with van der Waals surface area (Å²) >= 11 is 2.07. The molecule has 116 valence electrons. The first-order valence-corrected chi connectivity index (χ1v) is 9.16. The number of thioether (sulfide) groups is 1. The number of hydrogen-bond donors (Lipinski definition) is 1. The van der Waals surface area contributed by atoms with Gasteiger partial charge in [0.05, 0.1) is 0 Å². The van der Waals surface area contributed by atoms with Gasteiger partial charge >= 0.3 is 0 Å². The summed E-state index contributed by atoms with van der Waals surface area (Å²) < 4.78 is 0. The Bertz CT molecular complexity index is 489. The first kappa shape index (κ1) is 15.2. The smallest absolute Gasteiger partial charge is 0.0431 e. The van der Waals surface area contributed by atoms with Gasteiger partial charge < -0.3 is 10.6 Å². The molecule has 2 heterocycles. The maximum atomic E-state index is 6.12. The van der Waals surface area contributed by atoms with Crippen LogP contribution in [0.25, 0.3) is 0 Å². The molecular formula is C17H27N3S. The molecule has 3 rings (SSSR count). The summed E-state index contributed by atoms with van der Waals surface area (Å²) in [5.74, 6) is 2.49. The quantitative estimate of drug-likeness (QED) is 0.928. The van der Waals surface area contributed by atoms with Gasteiger partial charge in [0.1, 0.15) is 0 Å². The molecule has 2 fully saturated rings. The van der Waals surface area contributed by atoms with Gasteiger partial charge in [-0.15, -0.1) is 0 Å². The SMILES string of the molecule is Cc1cccc(N2CCN(C3(CN)CCSC3)CC2)c1C. The number of aryl methyl sites for hydroxylation is 1. The molecule has 0 saturated carbocycles. The van der Waals surface area contributed by atoms with Crippen LogP contribution in [0.3, 0.4) is 0 Å².